The predicted octanol–water partition coefficient (Wildman–Crippen LogP) is 2.55. The van der Waals surface area contributed by atoms with Crippen molar-refractivity contribution in [3.8, 4) is 5.75 Å². The van der Waals surface area contributed by atoms with Gasteiger partial charge in [0.25, 0.3) is 5.91 Å². The van der Waals surface area contributed by atoms with Gasteiger partial charge >= 0.3 is 0 Å². The number of ether oxygens (including phenoxy) is 2. The smallest absolute Gasteiger partial charge is 0.256 e. The molecule has 0 bridgehead atoms. The molecule has 0 aromatic carbocycles. The molecule has 1 aliphatic rings. The zero-order valence-corrected chi connectivity index (χ0v) is 16.4. The Morgan fingerprint density at radius 2 is 2.00 bits per heavy atom. The molecule has 2 aromatic rings. The highest BCUT2D eigenvalue weighted by atomic mass is 16.5. The van der Waals surface area contributed by atoms with Gasteiger partial charge in [-0.05, 0) is 12.8 Å². The molecule has 26 heavy (non-hydrogen) atoms. The normalized spacial score (nSPS) is 24.3. The quantitative estimate of drug-likeness (QED) is 0.856. The Morgan fingerprint density at radius 3 is 2.58 bits per heavy atom. The van der Waals surface area contributed by atoms with Crippen molar-refractivity contribution in [2.45, 2.75) is 45.8 Å². The van der Waals surface area contributed by atoms with Crippen LogP contribution < -0.4 is 10.1 Å². The molecular weight excluding hydrogens is 332 g/mol. The highest BCUT2D eigenvalue weighted by molar-refractivity contribution is 6.02. The lowest BCUT2D eigenvalue weighted by atomic mass is 9.53. The molecule has 2 heterocycles. The molecule has 0 saturated heterocycles. The van der Waals surface area contributed by atoms with Gasteiger partial charge in [-0.15, -0.1) is 0 Å². The first-order chi connectivity index (χ1) is 12.4. The van der Waals surface area contributed by atoms with E-state index >= 15 is 0 Å². The zero-order chi connectivity index (χ0) is 19.1. The van der Waals surface area contributed by atoms with Crippen LogP contribution in [0.15, 0.2) is 12.4 Å². The van der Waals surface area contributed by atoms with Crippen LogP contribution >= 0.6 is 0 Å². The van der Waals surface area contributed by atoms with Gasteiger partial charge in [0.1, 0.15) is 11.3 Å². The van der Waals surface area contributed by atoms with Gasteiger partial charge in [-0.3, -0.25) is 9.48 Å². The van der Waals surface area contributed by atoms with E-state index in [0.717, 1.165) is 18.2 Å². The van der Waals surface area contributed by atoms with Crippen molar-refractivity contribution in [3.63, 3.8) is 0 Å². The number of aryl methyl sites for hydroxylation is 1. The van der Waals surface area contributed by atoms with E-state index in [9.17, 15) is 4.79 Å². The van der Waals surface area contributed by atoms with Gasteiger partial charge in [-0.25, -0.2) is 4.98 Å². The van der Waals surface area contributed by atoms with Gasteiger partial charge in [0.15, 0.2) is 5.65 Å². The first kappa shape index (κ1) is 18.6. The molecule has 1 saturated carbocycles. The topological polar surface area (TPSA) is 78.3 Å². The third-order valence-electron chi connectivity index (χ3n) is 6.21. The van der Waals surface area contributed by atoms with Crippen LogP contribution in [0.5, 0.6) is 5.75 Å². The maximum atomic E-state index is 13.0. The minimum Gasteiger partial charge on any atom is -0.495 e. The summed E-state index contributed by atoms with van der Waals surface area (Å²) < 4.78 is 12.9. The Bertz CT molecular complexity index is 812. The van der Waals surface area contributed by atoms with E-state index < -0.39 is 0 Å². The lowest BCUT2D eigenvalue weighted by Crippen LogP contribution is -2.69. The second kappa shape index (κ2) is 6.87. The van der Waals surface area contributed by atoms with Crippen molar-refractivity contribution in [2.24, 2.45) is 18.4 Å². The summed E-state index contributed by atoms with van der Waals surface area (Å²) in [6, 6.07) is 0.0595. The van der Waals surface area contributed by atoms with Crippen LogP contribution in [0.3, 0.4) is 0 Å². The Morgan fingerprint density at radius 1 is 1.31 bits per heavy atom. The van der Waals surface area contributed by atoms with Crippen LogP contribution in [-0.2, 0) is 11.8 Å². The Kier molecular flexibility index (Phi) is 4.92. The summed E-state index contributed by atoms with van der Waals surface area (Å²) in [5.74, 6) is 0.595. The number of rotatable bonds is 6. The van der Waals surface area contributed by atoms with E-state index in [4.69, 9.17) is 9.47 Å². The van der Waals surface area contributed by atoms with E-state index in [1.54, 1.807) is 31.3 Å². The lowest BCUT2D eigenvalue weighted by molar-refractivity contribution is -0.164. The van der Waals surface area contributed by atoms with Crippen molar-refractivity contribution in [1.82, 2.24) is 20.1 Å². The van der Waals surface area contributed by atoms with Crippen LogP contribution in [0, 0.1) is 11.3 Å². The second-order valence-corrected chi connectivity index (χ2v) is 7.12. The molecule has 3 unspecified atom stereocenters. The predicted molar refractivity (Wildman–Crippen MR) is 99.3 cm³/mol. The number of fused-ring (bicyclic) bond motifs is 1. The monoisotopic (exact) mass is 360 g/mol. The summed E-state index contributed by atoms with van der Waals surface area (Å²) in [5, 5.41) is 8.15. The molecule has 0 spiro atoms. The molecule has 1 N–H and O–H groups in total. The standard InChI is InChI=1S/C19H28N4O3/c1-7-19(8-2)15(11(3)16(19)26-6)22-18(24)13-9-20-17-12(14(13)25-5)10-21-23(17)4/h9-11,15-16H,7-8H2,1-6H3,(H,22,24). The molecule has 7 nitrogen and oxygen atoms in total. The highest BCUT2D eigenvalue weighted by Crippen LogP contribution is 2.52. The Hall–Kier alpha value is -2.15. The van der Waals surface area contributed by atoms with Gasteiger partial charge in [0.2, 0.25) is 0 Å². The van der Waals surface area contributed by atoms with Crippen molar-refractivity contribution in [3.05, 3.63) is 18.0 Å². The first-order valence-electron chi connectivity index (χ1n) is 9.13. The summed E-state index contributed by atoms with van der Waals surface area (Å²) in [5.41, 5.74) is 1.08. The number of amides is 1. The number of aromatic nitrogens is 3. The van der Waals surface area contributed by atoms with E-state index in [1.165, 1.54) is 0 Å². The Labute approximate surface area is 154 Å². The van der Waals surface area contributed by atoms with E-state index in [-0.39, 0.29) is 29.4 Å². The molecule has 0 aliphatic heterocycles. The maximum absolute atomic E-state index is 13.0. The van der Waals surface area contributed by atoms with E-state index in [0.29, 0.717) is 17.0 Å². The lowest BCUT2D eigenvalue weighted by Gasteiger charge is -2.59. The molecule has 1 fully saturated rings. The third kappa shape index (κ3) is 2.48. The van der Waals surface area contributed by atoms with Crippen molar-refractivity contribution in [2.75, 3.05) is 14.2 Å². The van der Waals surface area contributed by atoms with Gasteiger partial charge in [0.05, 0.1) is 24.8 Å². The molecule has 0 radical (unpaired) electrons. The molecule has 3 rings (SSSR count). The number of methoxy groups -OCH3 is 2. The van der Waals surface area contributed by atoms with Gasteiger partial charge in [-0.2, -0.15) is 5.10 Å². The van der Waals surface area contributed by atoms with Crippen molar-refractivity contribution in [1.29, 1.82) is 0 Å². The number of carbonyl (C=O) groups is 1. The fourth-order valence-electron chi connectivity index (χ4n) is 4.77. The zero-order valence-electron chi connectivity index (χ0n) is 16.4. The molecule has 7 heteroatoms. The minimum absolute atomic E-state index is 0.0388. The molecule has 1 aliphatic carbocycles. The second-order valence-electron chi connectivity index (χ2n) is 7.12. The molecule has 2 aromatic heterocycles. The number of carbonyl (C=O) groups excluding carboxylic acids is 1. The maximum Gasteiger partial charge on any atom is 0.256 e. The van der Waals surface area contributed by atoms with Crippen molar-refractivity contribution >= 4 is 16.9 Å². The third-order valence-corrected chi connectivity index (χ3v) is 6.21. The number of hydrogen-bond acceptors (Lipinski definition) is 5. The van der Waals surface area contributed by atoms with Gasteiger partial charge in [-0.1, -0.05) is 20.8 Å². The summed E-state index contributed by atoms with van der Waals surface area (Å²) in [6.07, 6.45) is 5.30. The largest absolute Gasteiger partial charge is 0.495 e. The molecule has 3 atom stereocenters. The first-order valence-corrected chi connectivity index (χ1v) is 9.13. The average molecular weight is 360 g/mol. The van der Waals surface area contributed by atoms with Crippen LogP contribution in [0.1, 0.15) is 44.0 Å². The van der Waals surface area contributed by atoms with Crippen LogP contribution in [0.25, 0.3) is 11.0 Å². The molecule has 142 valence electrons. The molecular formula is C19H28N4O3. The summed E-state index contributed by atoms with van der Waals surface area (Å²) in [6.45, 7) is 6.44. The number of pyridine rings is 1. The summed E-state index contributed by atoms with van der Waals surface area (Å²) >= 11 is 0. The summed E-state index contributed by atoms with van der Waals surface area (Å²) in [4.78, 5) is 17.4. The van der Waals surface area contributed by atoms with Crippen LogP contribution in [0.2, 0.25) is 0 Å². The number of nitrogens with one attached hydrogen (secondary N) is 1. The molecule has 1 amide bonds. The fraction of sp³-hybridized carbons (Fsp3) is 0.632. The SMILES string of the molecule is CCC1(CC)C(NC(=O)c2cnc3c(cnn3C)c2OC)C(C)C1OC. The minimum atomic E-state index is -0.169. The number of nitrogens with zero attached hydrogens (tertiary/aromatic N) is 3. The van der Waals surface area contributed by atoms with Gasteiger partial charge in [0, 0.05) is 37.7 Å². The van der Waals surface area contributed by atoms with Crippen LogP contribution in [0.4, 0.5) is 0 Å². The van der Waals surface area contributed by atoms with Crippen molar-refractivity contribution < 1.29 is 14.3 Å². The average Bonchev–Trinajstić information content (AvgIpc) is 3.03. The van der Waals surface area contributed by atoms with E-state index in [2.05, 4.69) is 36.2 Å². The van der Waals surface area contributed by atoms with E-state index in [1.807, 2.05) is 7.05 Å². The van der Waals surface area contributed by atoms with Crippen LogP contribution in [-0.4, -0.2) is 47.0 Å². The van der Waals surface area contributed by atoms with Gasteiger partial charge < -0.3 is 14.8 Å². The number of hydrogen-bond donors (Lipinski definition) is 1. The highest BCUT2D eigenvalue weighted by Gasteiger charge is 2.59. The Balaban J connectivity index is 1.92. The fourth-order valence-corrected chi connectivity index (χ4v) is 4.77. The summed E-state index contributed by atoms with van der Waals surface area (Å²) in [7, 11) is 5.13.